The van der Waals surface area contributed by atoms with Crippen LogP contribution in [0.15, 0.2) is 206 Å². The highest BCUT2D eigenvalue weighted by atomic mass is 14.5. The van der Waals surface area contributed by atoms with Crippen LogP contribution < -0.4 is 0 Å². The fourth-order valence-corrected chi connectivity index (χ4v) is 10.9. The van der Waals surface area contributed by atoms with E-state index in [0.717, 1.165) is 0 Å². The van der Waals surface area contributed by atoms with Gasteiger partial charge in [-0.15, -0.1) is 0 Å². The summed E-state index contributed by atoms with van der Waals surface area (Å²) in [6, 6.07) is 78.1. The van der Waals surface area contributed by atoms with Gasteiger partial charge < -0.3 is 0 Å². The smallest absolute Gasteiger partial charge is 0.0616 e. The molecule has 0 aliphatic heterocycles. The zero-order valence-electron chi connectivity index (χ0n) is 31.1. The van der Waals surface area contributed by atoms with Crippen LogP contribution >= 0.6 is 0 Å². The molecule has 0 aromatic heterocycles. The molecule has 0 bridgehead atoms. The molecule has 0 saturated carbocycles. The van der Waals surface area contributed by atoms with Crippen molar-refractivity contribution in [2.75, 3.05) is 0 Å². The molecule has 0 saturated heterocycles. The molecule has 1 aliphatic carbocycles. The minimum Gasteiger partial charge on any atom is -0.0616 e. The van der Waals surface area contributed by atoms with Gasteiger partial charge in [0.1, 0.15) is 0 Å². The number of benzene rings is 12. The molecule has 1 aliphatic rings. The summed E-state index contributed by atoms with van der Waals surface area (Å²) in [5.74, 6) is 0. The lowest BCUT2D eigenvalue weighted by Crippen LogP contribution is -2.29. The Hall–Kier alpha value is -7.28. The van der Waals surface area contributed by atoms with Gasteiger partial charge in [0, 0.05) is 0 Å². The van der Waals surface area contributed by atoms with Crippen molar-refractivity contribution in [3.63, 3.8) is 0 Å². The molecule has 0 amide bonds. The van der Waals surface area contributed by atoms with E-state index >= 15 is 0 Å². The van der Waals surface area contributed by atoms with Gasteiger partial charge in [0.05, 0.1) is 5.41 Å². The Morgan fingerprint density at radius 2 is 0.719 bits per heavy atom. The monoisotopic (exact) mass is 718 g/mol. The highest BCUT2D eigenvalue weighted by Crippen LogP contribution is 2.63. The molecular formula is C57H34. The van der Waals surface area contributed by atoms with E-state index in [0.29, 0.717) is 0 Å². The number of hydrogen-bond donors (Lipinski definition) is 0. The molecular weight excluding hydrogens is 685 g/mol. The lowest BCUT2D eigenvalue weighted by molar-refractivity contribution is 0.781. The van der Waals surface area contributed by atoms with Gasteiger partial charge in [-0.25, -0.2) is 0 Å². The second-order valence-corrected chi connectivity index (χ2v) is 15.9. The largest absolute Gasteiger partial charge is 0.0726 e. The van der Waals surface area contributed by atoms with Crippen LogP contribution in [-0.2, 0) is 5.41 Å². The average molecular weight is 719 g/mol. The average Bonchev–Trinajstić information content (AvgIpc) is 3.61. The fraction of sp³-hybridized carbons (Fsp3) is 0.0175. The molecule has 0 heterocycles. The molecule has 0 nitrogen and oxygen atoms in total. The van der Waals surface area contributed by atoms with Crippen LogP contribution in [0.2, 0.25) is 0 Å². The van der Waals surface area contributed by atoms with E-state index < -0.39 is 5.41 Å². The van der Waals surface area contributed by atoms with Gasteiger partial charge in [-0.2, -0.15) is 0 Å². The van der Waals surface area contributed by atoms with Crippen molar-refractivity contribution in [1.82, 2.24) is 0 Å². The van der Waals surface area contributed by atoms with Crippen LogP contribution in [0, 0.1) is 0 Å². The Labute approximate surface area is 330 Å². The molecule has 0 atom stereocenters. The first kappa shape index (κ1) is 31.0. The Bertz CT molecular complexity index is 3550. The third kappa shape index (κ3) is 4.07. The predicted molar refractivity (Wildman–Crippen MR) is 243 cm³/mol. The summed E-state index contributed by atoms with van der Waals surface area (Å²) < 4.78 is 0. The van der Waals surface area contributed by atoms with E-state index in [-0.39, 0.29) is 0 Å². The summed E-state index contributed by atoms with van der Waals surface area (Å²) >= 11 is 0. The van der Waals surface area contributed by atoms with Crippen molar-refractivity contribution in [1.29, 1.82) is 0 Å². The van der Waals surface area contributed by atoms with Crippen LogP contribution in [0.1, 0.15) is 22.3 Å². The topological polar surface area (TPSA) is 0 Å². The van der Waals surface area contributed by atoms with Gasteiger partial charge in [-0.1, -0.05) is 194 Å². The summed E-state index contributed by atoms with van der Waals surface area (Å²) in [6.07, 6.45) is 0. The standard InChI is InChI=1S/C57H34/c1-3-13-40-33-42(29-25-35(40)11-1)57(43-30-26-36-12-2-4-14-41(36)34-43)55-49(46-31-27-39-24-23-37-15-9-16-38-28-32-48(46)53(39)52(37)38)21-10-22-51(55)54-47-19-7-5-17-44(47)45-18-6-8-20-50(45)56(54)57/h1-34H. The van der Waals surface area contributed by atoms with E-state index in [1.807, 2.05) is 0 Å². The van der Waals surface area contributed by atoms with Gasteiger partial charge in [-0.3, -0.25) is 0 Å². The minimum absolute atomic E-state index is 0.664. The second-order valence-electron chi connectivity index (χ2n) is 15.9. The highest BCUT2D eigenvalue weighted by molar-refractivity contribution is 6.26. The number of fused-ring (bicyclic) bond motifs is 10. The van der Waals surface area contributed by atoms with Gasteiger partial charge in [0.15, 0.2) is 0 Å². The molecule has 0 heteroatoms. The molecule has 13 rings (SSSR count). The molecule has 0 unspecified atom stereocenters. The molecule has 12 aromatic rings. The van der Waals surface area contributed by atoms with Gasteiger partial charge in [0.25, 0.3) is 0 Å². The third-order valence-electron chi connectivity index (χ3n) is 13.2. The Kier molecular flexibility index (Phi) is 6.19. The third-order valence-corrected chi connectivity index (χ3v) is 13.2. The van der Waals surface area contributed by atoms with Crippen molar-refractivity contribution in [3.05, 3.63) is 229 Å². The second kappa shape index (κ2) is 11.4. The predicted octanol–water partition coefficient (Wildman–Crippen LogP) is 15.2. The SMILES string of the molecule is c1cc2c(c(-c3ccc4ccc5cccc6ccc3c4c56)c1)C(c1ccc3ccccc3c1)(c1ccc3ccccc3c1)c1c-2c2ccccc2c2ccccc12. The normalized spacial score (nSPS) is 13.4. The summed E-state index contributed by atoms with van der Waals surface area (Å²) in [7, 11) is 0. The maximum atomic E-state index is 2.48. The molecule has 0 spiro atoms. The first-order valence-electron chi connectivity index (χ1n) is 20.0. The van der Waals surface area contributed by atoms with E-state index in [9.17, 15) is 0 Å². The van der Waals surface area contributed by atoms with E-state index in [4.69, 9.17) is 0 Å². The van der Waals surface area contributed by atoms with Crippen molar-refractivity contribution in [2.45, 2.75) is 5.41 Å². The minimum atomic E-state index is -0.664. The van der Waals surface area contributed by atoms with Crippen molar-refractivity contribution in [3.8, 4) is 22.3 Å². The number of rotatable bonds is 3. The molecule has 57 heavy (non-hydrogen) atoms. The molecule has 0 fully saturated rings. The lowest BCUT2D eigenvalue weighted by Gasteiger charge is -2.37. The van der Waals surface area contributed by atoms with Crippen LogP contribution in [0.25, 0.3) is 97.7 Å². The molecule has 0 radical (unpaired) electrons. The maximum Gasteiger partial charge on any atom is 0.0726 e. The van der Waals surface area contributed by atoms with Crippen molar-refractivity contribution >= 4 is 75.4 Å². The number of hydrogen-bond acceptors (Lipinski definition) is 0. The van der Waals surface area contributed by atoms with Gasteiger partial charge in [-0.05, 0) is 132 Å². The van der Waals surface area contributed by atoms with Gasteiger partial charge in [0.2, 0.25) is 0 Å². The lowest BCUT2D eigenvalue weighted by atomic mass is 9.64. The van der Waals surface area contributed by atoms with Crippen LogP contribution in [0.3, 0.4) is 0 Å². The summed E-state index contributed by atoms with van der Waals surface area (Å²) in [5.41, 5.74) is 9.79. The van der Waals surface area contributed by atoms with Crippen molar-refractivity contribution in [2.24, 2.45) is 0 Å². The van der Waals surface area contributed by atoms with Gasteiger partial charge >= 0.3 is 0 Å². The Morgan fingerprint density at radius 3 is 1.40 bits per heavy atom. The maximum absolute atomic E-state index is 2.48. The first-order valence-corrected chi connectivity index (χ1v) is 20.0. The van der Waals surface area contributed by atoms with E-state index in [1.165, 1.54) is 120 Å². The zero-order chi connectivity index (χ0) is 37.2. The highest BCUT2D eigenvalue weighted by Gasteiger charge is 2.50. The van der Waals surface area contributed by atoms with Crippen LogP contribution in [0.4, 0.5) is 0 Å². The molecule has 12 aromatic carbocycles. The molecule has 0 N–H and O–H groups in total. The molecule has 262 valence electrons. The van der Waals surface area contributed by atoms with Crippen LogP contribution in [0.5, 0.6) is 0 Å². The zero-order valence-corrected chi connectivity index (χ0v) is 31.1. The summed E-state index contributed by atoms with van der Waals surface area (Å²) in [4.78, 5) is 0. The summed E-state index contributed by atoms with van der Waals surface area (Å²) in [6.45, 7) is 0. The van der Waals surface area contributed by atoms with Crippen LogP contribution in [-0.4, -0.2) is 0 Å². The first-order chi connectivity index (χ1) is 28.3. The quantitative estimate of drug-likeness (QED) is 0.160. The van der Waals surface area contributed by atoms with E-state index in [2.05, 4.69) is 206 Å². The Balaban J connectivity index is 1.28. The fourth-order valence-electron chi connectivity index (χ4n) is 10.9. The van der Waals surface area contributed by atoms with Crippen molar-refractivity contribution < 1.29 is 0 Å². The Morgan fingerprint density at radius 1 is 0.246 bits per heavy atom. The summed E-state index contributed by atoms with van der Waals surface area (Å²) in [5, 5.41) is 18.0. The van der Waals surface area contributed by atoms with E-state index in [1.54, 1.807) is 0 Å².